The van der Waals surface area contributed by atoms with Gasteiger partial charge < -0.3 is 15.4 Å². The summed E-state index contributed by atoms with van der Waals surface area (Å²) in [4.78, 5) is 25.8. The van der Waals surface area contributed by atoms with E-state index in [9.17, 15) is 9.59 Å². The molecular weight excluding hydrogens is 315 g/mol. The molecule has 1 fully saturated rings. The minimum absolute atomic E-state index is 0.0247. The molecule has 0 saturated carbocycles. The average molecular weight is 331 g/mol. The Morgan fingerprint density at radius 1 is 1.33 bits per heavy atom. The van der Waals surface area contributed by atoms with Gasteiger partial charge in [0.1, 0.15) is 0 Å². The van der Waals surface area contributed by atoms with Gasteiger partial charge in [-0.05, 0) is 18.1 Å². The highest BCUT2D eigenvalue weighted by atomic mass is 35.5. The van der Waals surface area contributed by atoms with Crippen LogP contribution in [0.4, 0.5) is 5.69 Å². The lowest BCUT2D eigenvalue weighted by atomic mass is 9.99. The Kier molecular flexibility index (Phi) is 4.64. The van der Waals surface area contributed by atoms with Gasteiger partial charge in [0.25, 0.3) is 5.91 Å². The van der Waals surface area contributed by atoms with Gasteiger partial charge in [0.2, 0.25) is 0 Å². The fourth-order valence-corrected chi connectivity index (χ4v) is 2.94. The minimum atomic E-state index is -0.325. The molecule has 0 aliphatic carbocycles. The van der Waals surface area contributed by atoms with E-state index < -0.39 is 0 Å². The largest absolute Gasteiger partial charge is 0.469 e. The van der Waals surface area contributed by atoms with Crippen molar-refractivity contribution in [2.75, 3.05) is 25.9 Å². The standard InChI is InChI=1S/C14H16Cl2N2O3/c1-7-5-18(6-10(7)14(20)21-2)13(19)9-3-8(17)4-11(15)12(9)16/h3-4,7,10H,5-6,17H2,1-2H3. The predicted molar refractivity (Wildman–Crippen MR) is 81.4 cm³/mol. The molecule has 114 valence electrons. The SMILES string of the molecule is COC(=O)C1CN(C(=O)c2cc(N)cc(Cl)c2Cl)CC1C. The molecule has 1 aromatic rings. The molecule has 1 saturated heterocycles. The molecule has 1 aromatic carbocycles. The van der Waals surface area contributed by atoms with E-state index in [0.29, 0.717) is 18.8 Å². The molecule has 0 radical (unpaired) electrons. The number of likely N-dealkylation sites (tertiary alicyclic amines) is 1. The number of benzene rings is 1. The molecule has 0 aromatic heterocycles. The number of carbonyl (C=O) groups excluding carboxylic acids is 2. The third-order valence-corrected chi connectivity index (χ3v) is 4.49. The van der Waals surface area contributed by atoms with Crippen molar-refractivity contribution in [3.05, 3.63) is 27.7 Å². The molecule has 1 aliphatic heterocycles. The number of rotatable bonds is 2. The number of anilines is 1. The fraction of sp³-hybridized carbons (Fsp3) is 0.429. The molecule has 1 amide bonds. The van der Waals surface area contributed by atoms with Gasteiger partial charge in [0.05, 0.1) is 28.6 Å². The van der Waals surface area contributed by atoms with Crippen molar-refractivity contribution < 1.29 is 14.3 Å². The minimum Gasteiger partial charge on any atom is -0.469 e. The molecule has 21 heavy (non-hydrogen) atoms. The molecule has 2 rings (SSSR count). The number of nitrogens with two attached hydrogens (primary N) is 1. The highest BCUT2D eigenvalue weighted by Crippen LogP contribution is 2.32. The number of nitrogens with zero attached hydrogens (tertiary/aromatic N) is 1. The number of methoxy groups -OCH3 is 1. The summed E-state index contributed by atoms with van der Waals surface area (Å²) in [5.74, 6) is -0.895. The van der Waals surface area contributed by atoms with E-state index >= 15 is 0 Å². The van der Waals surface area contributed by atoms with Crippen LogP contribution < -0.4 is 5.73 Å². The first kappa shape index (κ1) is 15.9. The van der Waals surface area contributed by atoms with E-state index in [0.717, 1.165) is 0 Å². The van der Waals surface area contributed by atoms with Crippen molar-refractivity contribution >= 4 is 40.8 Å². The van der Waals surface area contributed by atoms with Gasteiger partial charge in [-0.15, -0.1) is 0 Å². The lowest BCUT2D eigenvalue weighted by molar-refractivity contribution is -0.146. The number of hydrogen-bond donors (Lipinski definition) is 1. The summed E-state index contributed by atoms with van der Waals surface area (Å²) < 4.78 is 4.76. The van der Waals surface area contributed by atoms with E-state index in [4.69, 9.17) is 33.7 Å². The summed E-state index contributed by atoms with van der Waals surface area (Å²) in [6, 6.07) is 2.98. The third-order valence-electron chi connectivity index (χ3n) is 3.68. The Hall–Kier alpha value is -1.46. The number of ether oxygens (including phenoxy) is 1. The normalized spacial score (nSPS) is 21.4. The van der Waals surface area contributed by atoms with E-state index in [1.165, 1.54) is 19.2 Å². The second-order valence-corrected chi connectivity index (χ2v) is 5.97. The van der Waals surface area contributed by atoms with Crippen molar-refractivity contribution in [1.29, 1.82) is 0 Å². The second kappa shape index (κ2) is 6.12. The zero-order chi connectivity index (χ0) is 15.7. The van der Waals surface area contributed by atoms with Gasteiger partial charge in [0.15, 0.2) is 0 Å². The Bertz CT molecular complexity index is 592. The van der Waals surface area contributed by atoms with Crippen molar-refractivity contribution in [3.8, 4) is 0 Å². The zero-order valence-corrected chi connectivity index (χ0v) is 13.2. The molecule has 7 heteroatoms. The average Bonchev–Trinajstić information content (AvgIpc) is 2.83. The summed E-state index contributed by atoms with van der Waals surface area (Å²) in [5.41, 5.74) is 6.32. The van der Waals surface area contributed by atoms with Crippen LogP contribution in [0, 0.1) is 11.8 Å². The maximum absolute atomic E-state index is 12.5. The molecule has 2 atom stereocenters. The van der Waals surface area contributed by atoms with Crippen molar-refractivity contribution in [2.45, 2.75) is 6.92 Å². The Morgan fingerprint density at radius 2 is 2.00 bits per heavy atom. The fourth-order valence-electron chi connectivity index (χ4n) is 2.53. The van der Waals surface area contributed by atoms with Crippen LogP contribution in [-0.2, 0) is 9.53 Å². The van der Waals surface area contributed by atoms with Crippen molar-refractivity contribution in [1.82, 2.24) is 4.90 Å². The number of amides is 1. The van der Waals surface area contributed by atoms with E-state index in [1.807, 2.05) is 6.92 Å². The quantitative estimate of drug-likeness (QED) is 0.667. The van der Waals surface area contributed by atoms with Gasteiger partial charge in [0, 0.05) is 18.8 Å². The number of hydrogen-bond acceptors (Lipinski definition) is 4. The van der Waals surface area contributed by atoms with Crippen LogP contribution in [-0.4, -0.2) is 37.0 Å². The molecule has 2 N–H and O–H groups in total. The Balaban J connectivity index is 2.24. The van der Waals surface area contributed by atoms with E-state index in [1.54, 1.807) is 4.90 Å². The maximum atomic E-state index is 12.5. The van der Waals surface area contributed by atoms with Crippen molar-refractivity contribution in [3.63, 3.8) is 0 Å². The smallest absolute Gasteiger partial charge is 0.310 e. The topological polar surface area (TPSA) is 72.6 Å². The Labute approximate surface area is 132 Å². The number of halogens is 2. The summed E-state index contributed by atoms with van der Waals surface area (Å²) >= 11 is 12.0. The summed E-state index contributed by atoms with van der Waals surface area (Å²) in [5, 5.41) is 0.404. The molecule has 1 aliphatic rings. The highest BCUT2D eigenvalue weighted by Gasteiger charge is 2.38. The first-order valence-corrected chi connectivity index (χ1v) is 7.22. The second-order valence-electron chi connectivity index (χ2n) is 5.18. The van der Waals surface area contributed by atoms with E-state index in [2.05, 4.69) is 0 Å². The van der Waals surface area contributed by atoms with Gasteiger partial charge in [-0.1, -0.05) is 30.1 Å². The summed E-state index contributed by atoms with van der Waals surface area (Å²) in [6.45, 7) is 2.67. The van der Waals surface area contributed by atoms with Crippen LogP contribution in [0.3, 0.4) is 0 Å². The van der Waals surface area contributed by atoms with Crippen LogP contribution >= 0.6 is 23.2 Å². The molecular formula is C14H16Cl2N2O3. The highest BCUT2D eigenvalue weighted by molar-refractivity contribution is 6.44. The first-order valence-electron chi connectivity index (χ1n) is 6.46. The molecule has 2 unspecified atom stereocenters. The number of nitrogen functional groups attached to an aromatic ring is 1. The predicted octanol–water partition coefficient (Wildman–Crippen LogP) is 2.46. The number of esters is 1. The molecule has 0 spiro atoms. The lowest BCUT2D eigenvalue weighted by Crippen LogP contribution is -2.30. The van der Waals surface area contributed by atoms with Crippen LogP contribution in [0.1, 0.15) is 17.3 Å². The van der Waals surface area contributed by atoms with Crippen molar-refractivity contribution in [2.24, 2.45) is 11.8 Å². The third kappa shape index (κ3) is 3.09. The van der Waals surface area contributed by atoms with Gasteiger partial charge in [-0.2, -0.15) is 0 Å². The maximum Gasteiger partial charge on any atom is 0.310 e. The monoisotopic (exact) mass is 330 g/mol. The first-order chi connectivity index (χ1) is 9.85. The molecule has 5 nitrogen and oxygen atoms in total. The zero-order valence-electron chi connectivity index (χ0n) is 11.7. The van der Waals surface area contributed by atoms with Gasteiger partial charge in [-0.25, -0.2) is 0 Å². The molecule has 1 heterocycles. The van der Waals surface area contributed by atoms with Gasteiger partial charge in [-0.3, -0.25) is 9.59 Å². The van der Waals surface area contributed by atoms with Crippen LogP contribution in [0.5, 0.6) is 0 Å². The van der Waals surface area contributed by atoms with E-state index in [-0.39, 0.29) is 39.3 Å². The van der Waals surface area contributed by atoms with Crippen LogP contribution in [0.25, 0.3) is 0 Å². The summed E-state index contributed by atoms with van der Waals surface area (Å²) in [7, 11) is 1.34. The molecule has 0 bridgehead atoms. The number of carbonyl (C=O) groups is 2. The summed E-state index contributed by atoms with van der Waals surface area (Å²) in [6.07, 6.45) is 0. The van der Waals surface area contributed by atoms with Gasteiger partial charge >= 0.3 is 5.97 Å². The van der Waals surface area contributed by atoms with Crippen LogP contribution in [0.15, 0.2) is 12.1 Å². The Morgan fingerprint density at radius 3 is 2.62 bits per heavy atom. The lowest BCUT2D eigenvalue weighted by Gasteiger charge is -2.17. The van der Waals surface area contributed by atoms with Crippen LogP contribution in [0.2, 0.25) is 10.0 Å².